The predicted molar refractivity (Wildman–Crippen MR) is 120 cm³/mol. The number of halogens is 5. The zero-order chi connectivity index (χ0) is 27.0. The third-order valence-electron chi connectivity index (χ3n) is 5.76. The number of carbonyl (C=O) groups excluding carboxylic acids is 1. The van der Waals surface area contributed by atoms with Gasteiger partial charge in [-0.25, -0.2) is 22.2 Å². The lowest BCUT2D eigenvalue weighted by Crippen LogP contribution is -2.45. The van der Waals surface area contributed by atoms with E-state index in [4.69, 9.17) is 0 Å². The van der Waals surface area contributed by atoms with Crippen LogP contribution in [-0.4, -0.2) is 46.2 Å². The number of nitrogens with zero attached hydrogens (tertiary/aromatic N) is 4. The summed E-state index contributed by atoms with van der Waals surface area (Å²) in [5, 5.41) is 2.58. The number of benzene rings is 1. The van der Waals surface area contributed by atoms with Gasteiger partial charge in [0.2, 0.25) is 15.9 Å². The molecule has 2 atom stereocenters. The lowest BCUT2D eigenvalue weighted by molar-refractivity contribution is -0.141. The van der Waals surface area contributed by atoms with Gasteiger partial charge in [-0.15, -0.1) is 0 Å². The number of hydrogen-bond donors (Lipinski definition) is 1. The van der Waals surface area contributed by atoms with Crippen LogP contribution in [0.5, 0.6) is 0 Å². The first-order valence-corrected chi connectivity index (χ1v) is 12.4. The van der Waals surface area contributed by atoms with Crippen LogP contribution in [0.3, 0.4) is 0 Å². The van der Waals surface area contributed by atoms with Crippen molar-refractivity contribution >= 4 is 15.9 Å². The molecule has 1 saturated heterocycles. The van der Waals surface area contributed by atoms with E-state index < -0.39 is 45.5 Å². The number of sulfonamides is 1. The largest absolute Gasteiger partial charge is 0.434 e. The Labute approximate surface area is 208 Å². The molecular weight excluding hydrogens is 521 g/mol. The van der Waals surface area contributed by atoms with Gasteiger partial charge in [0, 0.05) is 12.1 Å². The maximum Gasteiger partial charge on any atom is 0.434 e. The van der Waals surface area contributed by atoms with Crippen LogP contribution in [0, 0.1) is 17.6 Å². The number of hydrogen-bond acceptors (Lipinski definition) is 6. The van der Waals surface area contributed by atoms with Crippen LogP contribution < -0.4 is 5.32 Å². The van der Waals surface area contributed by atoms with E-state index in [0.29, 0.717) is 6.20 Å². The highest BCUT2D eigenvalue weighted by Crippen LogP contribution is 2.30. The highest BCUT2D eigenvalue weighted by Gasteiger charge is 2.42. The van der Waals surface area contributed by atoms with Gasteiger partial charge in [-0.1, -0.05) is 6.92 Å². The summed E-state index contributed by atoms with van der Waals surface area (Å²) in [6.45, 7) is 1.66. The van der Waals surface area contributed by atoms with Crippen LogP contribution >= 0.6 is 0 Å². The van der Waals surface area contributed by atoms with Gasteiger partial charge < -0.3 is 5.32 Å². The normalized spacial score (nSPS) is 18.6. The Balaban J connectivity index is 1.50. The van der Waals surface area contributed by atoms with Gasteiger partial charge in [0.25, 0.3) is 0 Å². The molecule has 3 aromatic rings. The van der Waals surface area contributed by atoms with E-state index in [2.05, 4.69) is 20.3 Å². The molecule has 4 rings (SSSR count). The van der Waals surface area contributed by atoms with E-state index in [9.17, 15) is 35.2 Å². The molecule has 2 unspecified atom stereocenters. The monoisotopic (exact) mass is 541 g/mol. The molecule has 1 N–H and O–H groups in total. The Bertz CT molecular complexity index is 1400. The van der Waals surface area contributed by atoms with Crippen LogP contribution in [0.25, 0.3) is 11.3 Å². The van der Waals surface area contributed by atoms with Gasteiger partial charge >= 0.3 is 6.18 Å². The van der Waals surface area contributed by atoms with Crippen molar-refractivity contribution in [3.8, 4) is 11.3 Å². The summed E-state index contributed by atoms with van der Waals surface area (Å²) in [5.41, 5.74) is -1.41. The Hall–Kier alpha value is -3.52. The summed E-state index contributed by atoms with van der Waals surface area (Å²) in [5.74, 6) is -2.20. The molecule has 1 aromatic carbocycles. The second-order valence-corrected chi connectivity index (χ2v) is 10.4. The minimum Gasteiger partial charge on any atom is -0.349 e. The molecule has 2 aromatic heterocycles. The van der Waals surface area contributed by atoms with Crippen LogP contribution in [0.1, 0.15) is 24.7 Å². The molecule has 0 bridgehead atoms. The zero-order valence-electron chi connectivity index (χ0n) is 19.2. The van der Waals surface area contributed by atoms with E-state index in [1.54, 1.807) is 6.92 Å². The standard InChI is InChI=1S/C23H20F5N5O3S/c1-13-6-20(33(12-13)37(35,36)16-4-2-14(24)3-5-16)22(34)32-8-15-7-17(18(25)9-29-15)19-10-31-21(11-30-19)23(26,27)28/h2-5,7,9-11,13,20H,6,8,12H2,1H3,(H,32,34). The molecule has 1 aliphatic rings. The first-order valence-electron chi connectivity index (χ1n) is 11.0. The van der Waals surface area contributed by atoms with Crippen molar-refractivity contribution in [3.05, 3.63) is 71.9 Å². The van der Waals surface area contributed by atoms with Crippen molar-refractivity contribution < 1.29 is 35.2 Å². The molecule has 0 aliphatic carbocycles. The molecule has 0 spiro atoms. The Kier molecular flexibility index (Phi) is 7.24. The molecular formula is C23H20F5N5O3S. The lowest BCUT2D eigenvalue weighted by atomic mass is 10.1. The van der Waals surface area contributed by atoms with Gasteiger partial charge in [-0.05, 0) is 42.7 Å². The SMILES string of the molecule is CC1CC(C(=O)NCc2cc(-c3cnc(C(F)(F)F)cn3)c(F)cn2)N(S(=O)(=O)c2ccc(F)cc2)C1. The summed E-state index contributed by atoms with van der Waals surface area (Å²) >= 11 is 0. The number of amides is 1. The second kappa shape index (κ2) is 10.1. The molecule has 8 nitrogen and oxygen atoms in total. The molecule has 0 saturated carbocycles. The number of rotatable bonds is 6. The molecule has 14 heteroatoms. The summed E-state index contributed by atoms with van der Waals surface area (Å²) in [4.78, 5) is 23.6. The molecule has 1 amide bonds. The van der Waals surface area contributed by atoms with Crippen LogP contribution in [0.15, 0.2) is 53.8 Å². The van der Waals surface area contributed by atoms with Crippen molar-refractivity contribution in [2.45, 2.75) is 37.0 Å². The van der Waals surface area contributed by atoms with Gasteiger partial charge in [-0.2, -0.15) is 17.5 Å². The number of nitrogens with one attached hydrogen (secondary N) is 1. The number of carbonyl (C=O) groups is 1. The second-order valence-electron chi connectivity index (χ2n) is 8.54. The Morgan fingerprint density at radius 1 is 1.08 bits per heavy atom. The molecule has 196 valence electrons. The molecule has 3 heterocycles. The Morgan fingerprint density at radius 2 is 1.78 bits per heavy atom. The number of pyridine rings is 1. The van der Waals surface area contributed by atoms with E-state index in [1.807, 2.05) is 0 Å². The molecule has 1 fully saturated rings. The van der Waals surface area contributed by atoms with E-state index in [0.717, 1.165) is 41.0 Å². The summed E-state index contributed by atoms with van der Waals surface area (Å²) in [7, 11) is -4.08. The van der Waals surface area contributed by atoms with Crippen LogP contribution in [-0.2, 0) is 27.5 Å². The topological polar surface area (TPSA) is 105 Å². The van der Waals surface area contributed by atoms with Crippen molar-refractivity contribution in [1.29, 1.82) is 0 Å². The highest BCUT2D eigenvalue weighted by molar-refractivity contribution is 7.89. The fraction of sp³-hybridized carbons (Fsp3) is 0.304. The minimum absolute atomic E-state index is 0.0866. The molecule has 1 aliphatic heterocycles. The van der Waals surface area contributed by atoms with Crippen LogP contribution in [0.4, 0.5) is 22.0 Å². The summed E-state index contributed by atoms with van der Waals surface area (Å²) in [6, 6.07) is 4.44. The predicted octanol–water partition coefficient (Wildman–Crippen LogP) is 3.55. The van der Waals surface area contributed by atoms with Gasteiger partial charge in [0.1, 0.15) is 11.9 Å². The fourth-order valence-corrected chi connectivity index (χ4v) is 5.66. The van der Waals surface area contributed by atoms with Crippen molar-refractivity contribution in [2.24, 2.45) is 5.92 Å². The average Bonchev–Trinajstić information content (AvgIpc) is 3.26. The van der Waals surface area contributed by atoms with Gasteiger partial charge in [0.15, 0.2) is 11.5 Å². The molecule has 0 radical (unpaired) electrons. The maximum absolute atomic E-state index is 14.3. The fourth-order valence-electron chi connectivity index (χ4n) is 3.94. The van der Waals surface area contributed by atoms with E-state index >= 15 is 0 Å². The van der Waals surface area contributed by atoms with Crippen molar-refractivity contribution in [1.82, 2.24) is 24.6 Å². The highest BCUT2D eigenvalue weighted by atomic mass is 32.2. The van der Waals surface area contributed by atoms with E-state index in [1.165, 1.54) is 6.07 Å². The Morgan fingerprint density at radius 3 is 2.41 bits per heavy atom. The van der Waals surface area contributed by atoms with Crippen molar-refractivity contribution in [2.75, 3.05) is 6.54 Å². The lowest BCUT2D eigenvalue weighted by Gasteiger charge is -2.23. The first-order chi connectivity index (χ1) is 17.4. The smallest absolute Gasteiger partial charge is 0.349 e. The summed E-state index contributed by atoms with van der Waals surface area (Å²) in [6.07, 6.45) is -2.36. The zero-order valence-corrected chi connectivity index (χ0v) is 20.0. The maximum atomic E-state index is 14.3. The van der Waals surface area contributed by atoms with Crippen LogP contribution in [0.2, 0.25) is 0 Å². The van der Waals surface area contributed by atoms with Crippen molar-refractivity contribution in [3.63, 3.8) is 0 Å². The van der Waals surface area contributed by atoms with Gasteiger partial charge in [0.05, 0.1) is 41.4 Å². The third kappa shape index (κ3) is 5.74. The number of alkyl halides is 3. The third-order valence-corrected chi connectivity index (χ3v) is 7.65. The minimum atomic E-state index is -4.70. The quantitative estimate of drug-likeness (QED) is 0.479. The van der Waals surface area contributed by atoms with E-state index in [-0.39, 0.29) is 47.3 Å². The first kappa shape index (κ1) is 26.5. The van der Waals surface area contributed by atoms with Gasteiger partial charge in [-0.3, -0.25) is 14.8 Å². The number of aromatic nitrogens is 3. The average molecular weight is 542 g/mol. The summed E-state index contributed by atoms with van der Waals surface area (Å²) < 4.78 is 93.0. The molecule has 37 heavy (non-hydrogen) atoms.